The fraction of sp³-hybridized carbons (Fsp3) is 0.600. The molecule has 1 N–H and O–H groups in total. The minimum atomic E-state index is -0.750. The van der Waals surface area contributed by atoms with E-state index in [1.807, 2.05) is 19.9 Å². The molecule has 1 saturated heterocycles. The summed E-state index contributed by atoms with van der Waals surface area (Å²) in [6.45, 7) is 4.05. The van der Waals surface area contributed by atoms with Crippen molar-refractivity contribution >= 4 is 40.5 Å². The largest absolute Gasteiger partial charge is 0.396 e. The Morgan fingerprint density at radius 2 is 2.07 bits per heavy atom. The van der Waals surface area contributed by atoms with Crippen LogP contribution in [-0.4, -0.2) is 44.2 Å². The minimum absolute atomic E-state index is 0.109. The zero-order chi connectivity index (χ0) is 20.5. The Morgan fingerprint density at radius 1 is 1.39 bits per heavy atom. The summed E-state index contributed by atoms with van der Waals surface area (Å²) in [5, 5.41) is 18.7. The van der Waals surface area contributed by atoms with Gasteiger partial charge in [0.1, 0.15) is 11.6 Å². The van der Waals surface area contributed by atoms with E-state index in [1.165, 1.54) is 11.1 Å². The molecule has 2 heterocycles. The number of pyridine rings is 1. The lowest BCUT2D eigenvalue weighted by Crippen LogP contribution is -2.51. The molecule has 1 amide bonds. The van der Waals surface area contributed by atoms with Crippen LogP contribution in [0.3, 0.4) is 0 Å². The van der Waals surface area contributed by atoms with E-state index < -0.39 is 5.54 Å². The molecule has 1 aromatic rings. The molecule has 0 bridgehead atoms. The highest BCUT2D eigenvalue weighted by Gasteiger charge is 2.52. The molecule has 1 saturated carbocycles. The van der Waals surface area contributed by atoms with Crippen LogP contribution >= 0.6 is 23.8 Å². The van der Waals surface area contributed by atoms with E-state index in [-0.39, 0.29) is 29.3 Å². The normalized spacial score (nSPS) is 24.5. The first kappa shape index (κ1) is 21.0. The second-order valence-electron chi connectivity index (χ2n) is 8.03. The highest BCUT2D eigenvalue weighted by molar-refractivity contribution is 7.80. The molecule has 0 atom stereocenters. The van der Waals surface area contributed by atoms with E-state index in [1.54, 1.807) is 6.07 Å². The number of aliphatic hydroxyl groups is 1. The van der Waals surface area contributed by atoms with Crippen molar-refractivity contribution in [1.29, 1.82) is 5.26 Å². The van der Waals surface area contributed by atoms with Gasteiger partial charge in [0.2, 0.25) is 0 Å². The van der Waals surface area contributed by atoms with E-state index >= 15 is 0 Å². The molecule has 0 aromatic carbocycles. The summed E-state index contributed by atoms with van der Waals surface area (Å²) in [5.41, 5.74) is -0.133. The lowest BCUT2D eigenvalue weighted by atomic mass is 9.82. The topological polar surface area (TPSA) is 80.5 Å². The molecule has 3 rings (SSSR count). The summed E-state index contributed by atoms with van der Waals surface area (Å²) in [7, 11) is 0. The van der Waals surface area contributed by atoms with Gasteiger partial charge in [-0.2, -0.15) is 5.26 Å². The second-order valence-corrected chi connectivity index (χ2v) is 8.80. The molecule has 1 aliphatic heterocycles. The van der Waals surface area contributed by atoms with Gasteiger partial charge in [-0.15, -0.1) is 0 Å². The number of hydrogen-bond acceptors (Lipinski definition) is 5. The predicted octanol–water partition coefficient (Wildman–Crippen LogP) is 3.65. The average molecular weight is 421 g/mol. The monoisotopic (exact) mass is 420 g/mol. The van der Waals surface area contributed by atoms with Gasteiger partial charge in [-0.05, 0) is 76.6 Å². The third-order valence-corrected chi connectivity index (χ3v) is 6.54. The highest BCUT2D eigenvalue weighted by atomic mass is 35.5. The number of aliphatic hydroxyl groups excluding tert-OH is 1. The quantitative estimate of drug-likeness (QED) is 0.732. The van der Waals surface area contributed by atoms with E-state index in [0.717, 1.165) is 38.5 Å². The Morgan fingerprint density at radius 3 is 2.64 bits per heavy atom. The maximum Gasteiger partial charge on any atom is 0.258 e. The summed E-state index contributed by atoms with van der Waals surface area (Å²) >= 11 is 11.8. The number of carbonyl (C=O) groups excluding carboxylic acids is 1. The van der Waals surface area contributed by atoms with Crippen LogP contribution in [0.5, 0.6) is 0 Å². The third-order valence-electron chi connectivity index (χ3n) is 5.87. The zero-order valence-electron chi connectivity index (χ0n) is 16.2. The number of aromatic nitrogens is 1. The summed E-state index contributed by atoms with van der Waals surface area (Å²) in [5.74, 6) is 0.526. The molecule has 1 aromatic heterocycles. The first-order valence-electron chi connectivity index (χ1n) is 9.65. The van der Waals surface area contributed by atoms with Crippen molar-refractivity contribution in [2.24, 2.45) is 5.92 Å². The number of thiocarbonyl (C=S) groups is 1. The number of anilines is 1. The van der Waals surface area contributed by atoms with E-state index in [2.05, 4.69) is 9.88 Å². The lowest BCUT2D eigenvalue weighted by Gasteiger charge is -2.41. The van der Waals surface area contributed by atoms with Gasteiger partial charge in [-0.3, -0.25) is 9.69 Å². The molecule has 0 unspecified atom stereocenters. The summed E-state index contributed by atoms with van der Waals surface area (Å²) in [6.07, 6.45) is 7.50. The number of amides is 1. The zero-order valence-corrected chi connectivity index (χ0v) is 17.8. The van der Waals surface area contributed by atoms with Crippen molar-refractivity contribution < 1.29 is 9.90 Å². The van der Waals surface area contributed by atoms with Crippen LogP contribution in [-0.2, 0) is 4.79 Å². The first-order chi connectivity index (χ1) is 13.3. The number of rotatable bonds is 5. The smallest absolute Gasteiger partial charge is 0.258 e. The van der Waals surface area contributed by atoms with Crippen LogP contribution in [0.15, 0.2) is 12.3 Å². The molecule has 0 spiro atoms. The second kappa shape index (κ2) is 8.32. The third kappa shape index (κ3) is 3.73. The summed E-state index contributed by atoms with van der Waals surface area (Å²) < 4.78 is 0. The fourth-order valence-electron chi connectivity index (χ4n) is 4.35. The van der Waals surface area contributed by atoms with Crippen LogP contribution in [0.1, 0.15) is 58.1 Å². The van der Waals surface area contributed by atoms with Gasteiger partial charge < -0.3 is 10.0 Å². The van der Waals surface area contributed by atoms with Crippen molar-refractivity contribution in [3.63, 3.8) is 0 Å². The van der Waals surface area contributed by atoms with Gasteiger partial charge in [0.05, 0.1) is 16.9 Å². The molecule has 2 fully saturated rings. The fourth-order valence-corrected chi connectivity index (χ4v) is 5.12. The number of hydrogen-bond donors (Lipinski definition) is 1. The van der Waals surface area contributed by atoms with Crippen molar-refractivity contribution in [2.45, 2.75) is 64.0 Å². The molecule has 2 aliphatic rings. The Kier molecular flexibility index (Phi) is 6.23. The Hall–Kier alpha value is -1.75. The van der Waals surface area contributed by atoms with Gasteiger partial charge in [-0.25, -0.2) is 4.98 Å². The van der Waals surface area contributed by atoms with Crippen LogP contribution in [0.2, 0.25) is 5.02 Å². The molecule has 150 valence electrons. The van der Waals surface area contributed by atoms with Crippen molar-refractivity contribution in [3.8, 4) is 6.07 Å². The van der Waals surface area contributed by atoms with E-state index in [4.69, 9.17) is 34.2 Å². The van der Waals surface area contributed by atoms with Gasteiger partial charge in [0.15, 0.2) is 10.8 Å². The summed E-state index contributed by atoms with van der Waals surface area (Å²) in [6, 6.07) is 3.71. The van der Waals surface area contributed by atoms with Crippen LogP contribution in [0.25, 0.3) is 0 Å². The van der Waals surface area contributed by atoms with Gasteiger partial charge in [0, 0.05) is 12.6 Å². The standard InChI is InChI=1S/C20H25ClN4O2S/c1-20(2)18(27)24(15-10-16(21)17(11-22)23-12-15)19(28)25(20)14-7-5-13(6-8-14)4-3-9-26/h10,12-14,26H,3-9H2,1-2H3. The van der Waals surface area contributed by atoms with Crippen molar-refractivity contribution in [2.75, 3.05) is 11.5 Å². The van der Waals surface area contributed by atoms with Crippen molar-refractivity contribution in [3.05, 3.63) is 23.0 Å². The van der Waals surface area contributed by atoms with Crippen LogP contribution in [0, 0.1) is 17.2 Å². The molecular weight excluding hydrogens is 396 g/mol. The maximum atomic E-state index is 13.2. The van der Waals surface area contributed by atoms with Crippen LogP contribution in [0.4, 0.5) is 5.69 Å². The number of nitrogens with zero attached hydrogens (tertiary/aromatic N) is 4. The average Bonchev–Trinajstić information content (AvgIpc) is 2.85. The highest BCUT2D eigenvalue weighted by Crippen LogP contribution is 2.39. The minimum Gasteiger partial charge on any atom is -0.396 e. The van der Waals surface area contributed by atoms with E-state index in [9.17, 15) is 4.79 Å². The number of nitriles is 1. The SMILES string of the molecule is CC1(C)C(=O)N(c2cnc(C#N)c(Cl)c2)C(=S)N1C1CCC(CCCO)CC1. The Labute approximate surface area is 176 Å². The maximum absolute atomic E-state index is 13.2. The van der Waals surface area contributed by atoms with Gasteiger partial charge in [0.25, 0.3) is 5.91 Å². The molecule has 0 radical (unpaired) electrons. The Bertz CT molecular complexity index is 815. The predicted molar refractivity (Wildman–Crippen MR) is 112 cm³/mol. The molecular formula is C20H25ClN4O2S. The van der Waals surface area contributed by atoms with Gasteiger partial charge in [-0.1, -0.05) is 11.6 Å². The van der Waals surface area contributed by atoms with Crippen LogP contribution < -0.4 is 4.90 Å². The summed E-state index contributed by atoms with van der Waals surface area (Å²) in [4.78, 5) is 20.8. The molecule has 6 nitrogen and oxygen atoms in total. The first-order valence-corrected chi connectivity index (χ1v) is 10.4. The Balaban J connectivity index is 1.81. The molecule has 28 heavy (non-hydrogen) atoms. The lowest BCUT2D eigenvalue weighted by molar-refractivity contribution is -0.124. The molecule has 1 aliphatic carbocycles. The van der Waals surface area contributed by atoms with Crippen molar-refractivity contribution in [1.82, 2.24) is 9.88 Å². The number of carbonyl (C=O) groups is 1. The molecule has 8 heteroatoms. The number of halogens is 1. The van der Waals surface area contributed by atoms with E-state index in [0.29, 0.717) is 16.7 Å². The van der Waals surface area contributed by atoms with Gasteiger partial charge >= 0.3 is 0 Å².